The Labute approximate surface area is 237 Å². The van der Waals surface area contributed by atoms with Gasteiger partial charge in [0.15, 0.2) is 5.54 Å². The number of nitrogens with one attached hydrogen (secondary N) is 2. The molecule has 1 fully saturated rings. The van der Waals surface area contributed by atoms with Gasteiger partial charge in [-0.25, -0.2) is 19.6 Å². The summed E-state index contributed by atoms with van der Waals surface area (Å²) in [6.07, 6.45) is -1.73. The maximum Gasteiger partial charge on any atom is 0.413 e. The van der Waals surface area contributed by atoms with Gasteiger partial charge >= 0.3 is 6.18 Å². The van der Waals surface area contributed by atoms with Crippen LogP contribution < -0.4 is 10.6 Å². The van der Waals surface area contributed by atoms with Crippen LogP contribution in [0.3, 0.4) is 0 Å². The van der Waals surface area contributed by atoms with E-state index in [-0.39, 0.29) is 18.3 Å². The molecule has 1 atom stereocenters. The molecule has 0 spiro atoms. The summed E-state index contributed by atoms with van der Waals surface area (Å²) in [7, 11) is 0. The molecule has 1 saturated carbocycles. The molecular formula is C28H26F3N9S. The third-order valence-electron chi connectivity index (χ3n) is 7.15. The van der Waals surface area contributed by atoms with Crippen LogP contribution in [0.2, 0.25) is 0 Å². The Morgan fingerprint density at radius 2 is 1.95 bits per heavy atom. The molecule has 1 unspecified atom stereocenters. The summed E-state index contributed by atoms with van der Waals surface area (Å²) in [6.45, 7) is 6.93. The number of rotatable bonds is 7. The number of thiazole rings is 1. The number of hydrogen-bond donors (Lipinski definition) is 2. The second-order valence-corrected chi connectivity index (χ2v) is 12.3. The third-order valence-corrected chi connectivity index (χ3v) is 8.04. The summed E-state index contributed by atoms with van der Waals surface area (Å²) in [5, 5.41) is 25.5. The van der Waals surface area contributed by atoms with E-state index >= 15 is 0 Å². The van der Waals surface area contributed by atoms with Gasteiger partial charge in [0.25, 0.3) is 0 Å². The van der Waals surface area contributed by atoms with Crippen LogP contribution in [0.1, 0.15) is 56.5 Å². The summed E-state index contributed by atoms with van der Waals surface area (Å²) in [5.41, 5.74) is 2.92. The van der Waals surface area contributed by atoms with Gasteiger partial charge in [0, 0.05) is 17.6 Å². The number of nitrogens with zero attached hydrogens (tertiary/aromatic N) is 7. The second kappa shape index (κ2) is 9.66. The van der Waals surface area contributed by atoms with Crippen molar-refractivity contribution in [2.75, 3.05) is 17.2 Å². The van der Waals surface area contributed by atoms with E-state index in [9.17, 15) is 18.4 Å². The quantitative estimate of drug-likeness (QED) is 0.228. The zero-order valence-corrected chi connectivity index (χ0v) is 23.3. The fraction of sp³-hybridized carbons (Fsp3) is 0.357. The van der Waals surface area contributed by atoms with Gasteiger partial charge in [-0.3, -0.25) is 0 Å². The van der Waals surface area contributed by atoms with Gasteiger partial charge in [-0.15, -0.1) is 16.4 Å². The van der Waals surface area contributed by atoms with Gasteiger partial charge in [-0.1, -0.05) is 38.1 Å². The molecule has 0 amide bonds. The van der Waals surface area contributed by atoms with Crippen molar-refractivity contribution in [3.05, 3.63) is 65.2 Å². The second-order valence-electron chi connectivity index (χ2n) is 11.4. The topological polar surface area (TPSA) is 117 Å². The number of alkyl halides is 3. The first-order valence-electron chi connectivity index (χ1n) is 13.0. The van der Waals surface area contributed by atoms with Crippen LogP contribution in [0, 0.1) is 16.7 Å². The first-order valence-corrected chi connectivity index (χ1v) is 13.9. The van der Waals surface area contributed by atoms with Crippen LogP contribution in [0.15, 0.2) is 48.4 Å². The van der Waals surface area contributed by atoms with E-state index in [4.69, 9.17) is 0 Å². The van der Waals surface area contributed by atoms with Crippen molar-refractivity contribution < 1.29 is 13.2 Å². The highest BCUT2D eigenvalue weighted by Gasteiger charge is 2.66. The smallest absolute Gasteiger partial charge is 0.373 e. The standard InChI is InChI=1S/C28H26F3N9S/c1-26(2,3)13-33-25-19-10-17(9-16(11-32)22(19)34-14-35-25)37-23(18-5-4-6-20-24(18)41-15-36-20)21-12-40(39-38-21)27(7-8-27)28(29,30)31/h4-6,9-10,12,14-15,23,37H,7-8,13H2,1-3H3,(H,33,34,35). The van der Waals surface area contributed by atoms with E-state index in [1.807, 2.05) is 24.3 Å². The van der Waals surface area contributed by atoms with Crippen molar-refractivity contribution >= 4 is 44.0 Å². The number of benzene rings is 2. The molecule has 0 radical (unpaired) electrons. The molecule has 0 saturated heterocycles. The van der Waals surface area contributed by atoms with Gasteiger partial charge in [0.05, 0.1) is 39.0 Å². The van der Waals surface area contributed by atoms with Crippen LogP contribution in [0.25, 0.3) is 21.1 Å². The van der Waals surface area contributed by atoms with Crippen molar-refractivity contribution in [3.8, 4) is 6.07 Å². The summed E-state index contributed by atoms with van der Waals surface area (Å²) < 4.78 is 43.4. The first kappa shape index (κ1) is 26.9. The van der Waals surface area contributed by atoms with E-state index in [0.717, 1.165) is 20.5 Å². The Bertz CT molecular complexity index is 1790. The van der Waals surface area contributed by atoms with Crippen LogP contribution in [-0.4, -0.2) is 42.7 Å². The van der Waals surface area contributed by atoms with Crippen molar-refractivity contribution in [1.82, 2.24) is 29.9 Å². The highest BCUT2D eigenvalue weighted by molar-refractivity contribution is 7.17. The van der Waals surface area contributed by atoms with Crippen molar-refractivity contribution in [1.29, 1.82) is 5.26 Å². The number of nitriles is 1. The number of fused-ring (bicyclic) bond motifs is 2. The maximum atomic E-state index is 13.9. The molecule has 2 aromatic carbocycles. The average molecular weight is 578 g/mol. The molecule has 0 aliphatic heterocycles. The molecule has 3 heterocycles. The third kappa shape index (κ3) is 4.93. The molecule has 1 aliphatic carbocycles. The minimum atomic E-state index is -4.44. The fourth-order valence-electron chi connectivity index (χ4n) is 4.82. The van der Waals surface area contributed by atoms with Crippen molar-refractivity contribution in [2.24, 2.45) is 5.41 Å². The van der Waals surface area contributed by atoms with Gasteiger partial charge in [0.1, 0.15) is 23.9 Å². The fourth-order valence-corrected chi connectivity index (χ4v) is 5.65. The minimum Gasteiger partial charge on any atom is -0.373 e. The lowest BCUT2D eigenvalue weighted by atomic mass is 9.97. The van der Waals surface area contributed by atoms with Crippen molar-refractivity contribution in [2.45, 2.75) is 51.4 Å². The largest absolute Gasteiger partial charge is 0.413 e. The highest BCUT2D eigenvalue weighted by Crippen LogP contribution is 2.55. The SMILES string of the molecule is CC(C)(C)CNc1ncnc2c(C#N)cc(NC(c3cn(C4(C(F)(F)F)CC4)nn3)c3cccc4ncsc34)cc12. The van der Waals surface area contributed by atoms with E-state index in [2.05, 4.69) is 62.7 Å². The van der Waals surface area contributed by atoms with Gasteiger partial charge in [-0.05, 0) is 42.0 Å². The molecule has 13 heteroatoms. The predicted octanol–water partition coefficient (Wildman–Crippen LogP) is 6.41. The molecule has 2 N–H and O–H groups in total. The minimum absolute atomic E-state index is 0.0229. The van der Waals surface area contributed by atoms with Crippen LogP contribution in [0.4, 0.5) is 24.7 Å². The Morgan fingerprint density at radius 3 is 2.66 bits per heavy atom. The number of halogens is 3. The first-order chi connectivity index (χ1) is 19.5. The lowest BCUT2D eigenvalue weighted by Gasteiger charge is -2.22. The highest BCUT2D eigenvalue weighted by atomic mass is 32.1. The van der Waals surface area contributed by atoms with Crippen LogP contribution in [-0.2, 0) is 5.54 Å². The van der Waals surface area contributed by atoms with E-state index in [1.165, 1.54) is 23.9 Å². The Kier molecular flexibility index (Phi) is 6.33. The zero-order valence-electron chi connectivity index (χ0n) is 22.5. The van der Waals surface area contributed by atoms with Gasteiger partial charge < -0.3 is 10.6 Å². The van der Waals surface area contributed by atoms with Crippen LogP contribution >= 0.6 is 11.3 Å². The molecule has 41 heavy (non-hydrogen) atoms. The lowest BCUT2D eigenvalue weighted by molar-refractivity contribution is -0.182. The number of anilines is 2. The lowest BCUT2D eigenvalue weighted by Crippen LogP contribution is -2.35. The van der Waals surface area contributed by atoms with Gasteiger partial charge in [-0.2, -0.15) is 18.4 Å². The molecular weight excluding hydrogens is 551 g/mol. The summed E-state index contributed by atoms with van der Waals surface area (Å²) >= 11 is 1.43. The Balaban J connectivity index is 1.46. The normalized spacial score (nSPS) is 15.5. The summed E-state index contributed by atoms with van der Waals surface area (Å²) in [6, 6.07) is 10.6. The van der Waals surface area contributed by atoms with Gasteiger partial charge in [0.2, 0.25) is 0 Å². The van der Waals surface area contributed by atoms with E-state index < -0.39 is 17.8 Å². The maximum absolute atomic E-state index is 13.9. The number of aromatic nitrogens is 6. The molecule has 0 bridgehead atoms. The Hall–Kier alpha value is -4.31. The molecule has 210 valence electrons. The number of hydrogen-bond acceptors (Lipinski definition) is 9. The summed E-state index contributed by atoms with van der Waals surface area (Å²) in [4.78, 5) is 13.2. The monoisotopic (exact) mass is 577 g/mol. The molecule has 3 aromatic heterocycles. The molecule has 9 nitrogen and oxygen atoms in total. The molecule has 1 aliphatic rings. The van der Waals surface area contributed by atoms with E-state index in [1.54, 1.807) is 11.6 Å². The Morgan fingerprint density at radius 1 is 1.15 bits per heavy atom. The van der Waals surface area contributed by atoms with Crippen molar-refractivity contribution in [3.63, 3.8) is 0 Å². The zero-order chi connectivity index (χ0) is 29.0. The molecule has 6 rings (SSSR count). The summed E-state index contributed by atoms with van der Waals surface area (Å²) in [5.74, 6) is 0.581. The predicted molar refractivity (Wildman–Crippen MR) is 151 cm³/mol. The average Bonchev–Trinajstić information content (AvgIpc) is 3.37. The van der Waals surface area contributed by atoms with Crippen LogP contribution in [0.5, 0.6) is 0 Å². The molecule has 5 aromatic rings. The van der Waals surface area contributed by atoms with E-state index in [0.29, 0.717) is 40.2 Å².